The molecule has 0 bridgehead atoms. The van der Waals surface area contributed by atoms with Gasteiger partial charge in [0.25, 0.3) is 11.8 Å². The minimum absolute atomic E-state index is 0.0518. The van der Waals surface area contributed by atoms with Crippen molar-refractivity contribution in [3.8, 4) is 0 Å². The largest absolute Gasteiger partial charge is 0.350 e. The van der Waals surface area contributed by atoms with Gasteiger partial charge in [0.05, 0.1) is 38.4 Å². The maximum absolute atomic E-state index is 13.8. The fourth-order valence-electron chi connectivity index (χ4n) is 4.59. The zero-order chi connectivity index (χ0) is 26.6. The highest BCUT2D eigenvalue weighted by atomic mass is 35.5. The summed E-state index contributed by atoms with van der Waals surface area (Å²) in [4.78, 5) is 29.5. The van der Waals surface area contributed by atoms with Crippen LogP contribution in [0.1, 0.15) is 45.2 Å². The van der Waals surface area contributed by atoms with Crippen LogP contribution in [0.5, 0.6) is 0 Å². The number of carbonyl (C=O) groups is 2. The van der Waals surface area contributed by atoms with Crippen molar-refractivity contribution in [2.45, 2.75) is 42.1 Å². The van der Waals surface area contributed by atoms with E-state index < -0.39 is 10.8 Å². The van der Waals surface area contributed by atoms with Gasteiger partial charge in [-0.05, 0) is 73.4 Å². The van der Waals surface area contributed by atoms with Crippen molar-refractivity contribution >= 4 is 39.9 Å². The topological polar surface area (TPSA) is 66.5 Å². The van der Waals surface area contributed by atoms with Crippen molar-refractivity contribution < 1.29 is 13.8 Å². The van der Waals surface area contributed by atoms with Crippen molar-refractivity contribution in [2.24, 2.45) is 0 Å². The Balaban J connectivity index is 1.45. The van der Waals surface area contributed by atoms with Gasteiger partial charge in [-0.2, -0.15) is 0 Å². The molecule has 2 atom stereocenters. The zero-order valence-corrected chi connectivity index (χ0v) is 22.5. The molecule has 1 N–H and O–H groups in total. The van der Waals surface area contributed by atoms with E-state index in [1.807, 2.05) is 37.3 Å². The first-order chi connectivity index (χ1) is 18.4. The smallest absolute Gasteiger partial charge is 0.259 e. The number of amides is 2. The molecule has 5 rings (SSSR count). The second-order valence-electron chi connectivity index (χ2n) is 9.37. The minimum Gasteiger partial charge on any atom is -0.350 e. The number of carbonyl (C=O) groups excluding carboxylic acids is 2. The highest BCUT2D eigenvalue weighted by Crippen LogP contribution is 2.36. The van der Waals surface area contributed by atoms with Gasteiger partial charge in [-0.15, -0.1) is 0 Å². The van der Waals surface area contributed by atoms with Crippen LogP contribution < -0.4 is 10.2 Å². The molecule has 1 aliphatic heterocycles. The lowest BCUT2D eigenvalue weighted by Gasteiger charge is -2.24. The molecule has 0 saturated carbocycles. The molecule has 192 valence electrons. The Morgan fingerprint density at radius 2 is 1.63 bits per heavy atom. The van der Waals surface area contributed by atoms with Gasteiger partial charge in [-0.25, -0.2) is 4.21 Å². The van der Waals surface area contributed by atoms with Gasteiger partial charge in [0.1, 0.15) is 0 Å². The molecule has 38 heavy (non-hydrogen) atoms. The number of fused-ring (bicyclic) bond motifs is 2. The van der Waals surface area contributed by atoms with Crippen molar-refractivity contribution in [1.82, 2.24) is 5.32 Å². The molecule has 0 spiro atoms. The Kier molecular flexibility index (Phi) is 7.72. The van der Waals surface area contributed by atoms with E-state index in [1.54, 1.807) is 59.5 Å². The SMILES string of the molecule is C[C@H](CCc1ccccc1)NC(=O)c1ccc2c(c1)N(Cc1cccc(Cl)c1)C(=O)c1ccccc1[S@]2=O. The Hall–Kier alpha value is -3.74. The second kappa shape index (κ2) is 11.3. The number of rotatable bonds is 7. The van der Waals surface area contributed by atoms with E-state index in [-0.39, 0.29) is 24.4 Å². The third kappa shape index (κ3) is 5.57. The van der Waals surface area contributed by atoms with Crippen LogP contribution in [-0.4, -0.2) is 22.1 Å². The first-order valence-corrected chi connectivity index (χ1v) is 14.0. The molecule has 0 fully saturated rings. The van der Waals surface area contributed by atoms with Crippen LogP contribution in [0.2, 0.25) is 5.02 Å². The number of hydrogen-bond donors (Lipinski definition) is 1. The van der Waals surface area contributed by atoms with Gasteiger partial charge in [-0.3, -0.25) is 9.59 Å². The number of hydrogen-bond acceptors (Lipinski definition) is 3. The monoisotopic (exact) mass is 542 g/mol. The van der Waals surface area contributed by atoms with E-state index in [1.165, 1.54) is 5.56 Å². The maximum Gasteiger partial charge on any atom is 0.259 e. The summed E-state index contributed by atoms with van der Waals surface area (Å²) >= 11 is 6.21. The molecule has 5 nitrogen and oxygen atoms in total. The Morgan fingerprint density at radius 1 is 0.895 bits per heavy atom. The highest BCUT2D eigenvalue weighted by molar-refractivity contribution is 7.85. The molecular weight excluding hydrogens is 516 g/mol. The van der Waals surface area contributed by atoms with Crippen LogP contribution in [0.3, 0.4) is 0 Å². The molecule has 0 unspecified atom stereocenters. The van der Waals surface area contributed by atoms with Gasteiger partial charge >= 0.3 is 0 Å². The average Bonchev–Trinajstić information content (AvgIpc) is 3.02. The van der Waals surface area contributed by atoms with Crippen LogP contribution in [0, 0.1) is 0 Å². The summed E-state index contributed by atoms with van der Waals surface area (Å²) in [6.07, 6.45) is 1.64. The molecule has 4 aromatic carbocycles. The third-order valence-corrected chi connectivity index (χ3v) is 8.33. The Bertz CT molecular complexity index is 1520. The highest BCUT2D eigenvalue weighted by Gasteiger charge is 2.31. The lowest BCUT2D eigenvalue weighted by molar-refractivity contribution is 0.0935. The molecule has 0 aliphatic carbocycles. The fraction of sp³-hybridized carbons (Fsp3) is 0.161. The number of benzene rings is 4. The predicted octanol–water partition coefficient (Wildman–Crippen LogP) is 6.42. The van der Waals surface area contributed by atoms with E-state index in [4.69, 9.17) is 11.6 Å². The van der Waals surface area contributed by atoms with Crippen molar-refractivity contribution in [3.05, 3.63) is 124 Å². The number of nitrogens with one attached hydrogen (secondary N) is 1. The molecular formula is C31H27ClN2O3S. The van der Waals surface area contributed by atoms with Gasteiger partial charge < -0.3 is 10.2 Å². The first-order valence-electron chi connectivity index (χ1n) is 12.5. The molecule has 2 amide bonds. The summed E-state index contributed by atoms with van der Waals surface area (Å²) in [5.74, 6) is -0.516. The van der Waals surface area contributed by atoms with E-state index >= 15 is 0 Å². The van der Waals surface area contributed by atoms with Gasteiger partial charge in [0, 0.05) is 16.6 Å². The van der Waals surface area contributed by atoms with E-state index in [2.05, 4.69) is 17.4 Å². The van der Waals surface area contributed by atoms with Crippen LogP contribution in [0.4, 0.5) is 5.69 Å². The van der Waals surface area contributed by atoms with Crippen LogP contribution in [-0.2, 0) is 23.8 Å². The predicted molar refractivity (Wildman–Crippen MR) is 151 cm³/mol. The number of aryl methyl sites for hydroxylation is 1. The van der Waals surface area contributed by atoms with Crippen LogP contribution in [0.25, 0.3) is 0 Å². The lowest BCUT2D eigenvalue weighted by atomic mass is 10.1. The van der Waals surface area contributed by atoms with Gasteiger partial charge in [-0.1, -0.05) is 66.2 Å². The quantitative estimate of drug-likeness (QED) is 0.293. The molecule has 0 saturated heterocycles. The number of anilines is 1. The molecule has 1 aliphatic rings. The second-order valence-corrected chi connectivity index (χ2v) is 11.2. The molecule has 4 aromatic rings. The lowest BCUT2D eigenvalue weighted by Crippen LogP contribution is -2.33. The summed E-state index contributed by atoms with van der Waals surface area (Å²) in [7, 11) is -1.59. The summed E-state index contributed by atoms with van der Waals surface area (Å²) in [5.41, 5.74) is 3.28. The van der Waals surface area contributed by atoms with E-state index in [9.17, 15) is 13.8 Å². The number of nitrogens with zero attached hydrogens (tertiary/aromatic N) is 1. The molecule has 0 aromatic heterocycles. The third-order valence-electron chi connectivity index (χ3n) is 6.59. The van der Waals surface area contributed by atoms with Crippen LogP contribution in [0.15, 0.2) is 107 Å². The summed E-state index contributed by atoms with van der Waals surface area (Å²) < 4.78 is 13.6. The Labute approximate surface area is 229 Å². The van der Waals surface area contributed by atoms with E-state index in [0.717, 1.165) is 18.4 Å². The van der Waals surface area contributed by atoms with Gasteiger partial charge in [0.2, 0.25) is 0 Å². The maximum atomic E-state index is 13.8. The zero-order valence-electron chi connectivity index (χ0n) is 20.9. The summed E-state index contributed by atoms with van der Waals surface area (Å²) in [6.45, 7) is 2.20. The van der Waals surface area contributed by atoms with Crippen molar-refractivity contribution in [2.75, 3.05) is 4.90 Å². The summed E-state index contributed by atoms with van der Waals surface area (Å²) in [6, 6.07) is 29.3. The first kappa shape index (κ1) is 25.9. The molecule has 7 heteroatoms. The van der Waals surface area contributed by atoms with E-state index in [0.29, 0.717) is 31.6 Å². The average molecular weight is 543 g/mol. The minimum atomic E-state index is -1.59. The molecule has 1 heterocycles. The number of halogens is 1. The van der Waals surface area contributed by atoms with Crippen molar-refractivity contribution in [1.29, 1.82) is 0 Å². The Morgan fingerprint density at radius 3 is 2.42 bits per heavy atom. The summed E-state index contributed by atoms with van der Waals surface area (Å²) in [5, 5.41) is 3.63. The van der Waals surface area contributed by atoms with Crippen LogP contribution >= 0.6 is 11.6 Å². The van der Waals surface area contributed by atoms with Gasteiger partial charge in [0.15, 0.2) is 0 Å². The molecule has 0 radical (unpaired) electrons. The normalized spacial score (nSPS) is 15.3. The van der Waals surface area contributed by atoms with Crippen molar-refractivity contribution in [3.63, 3.8) is 0 Å². The standard InChI is InChI=1S/C31H27ClN2O3S/c1-21(14-15-22-8-3-2-4-9-22)33-30(35)24-16-17-29-27(19-24)34(20-23-10-7-11-25(32)18-23)31(36)26-12-5-6-13-28(26)38(29)37/h2-13,16-19,21H,14-15,20H2,1H3,(H,33,35)/t21-,38-/m1/s1. The fourth-order valence-corrected chi connectivity index (χ4v) is 6.14.